The Kier molecular flexibility index (Phi) is 17.1. The predicted octanol–water partition coefficient (Wildman–Crippen LogP) is 4.38. The van der Waals surface area contributed by atoms with Crippen molar-refractivity contribution in [3.8, 4) is 0 Å². The fraction of sp³-hybridized carbons (Fsp3) is 0.909. The molecule has 0 saturated heterocycles. The molecule has 180 valence electrons. The number of hydrogen-bond donors (Lipinski definition) is 3. The standard InChI is InChI=1S/C22H47N2O5P/c1-5-6-7-8-9-10-11-12-13-14-15-16-17-22(25)21(23)20-29-30(26,27)28-19-18-24(2,3)4/h16-17,21-22,25H,5-15,18-20,23H2,1-4H3/p+1. The van der Waals surface area contributed by atoms with E-state index in [1.54, 1.807) is 6.08 Å². The van der Waals surface area contributed by atoms with Crippen molar-refractivity contribution in [3.05, 3.63) is 12.2 Å². The first-order valence-electron chi connectivity index (χ1n) is 11.6. The number of phosphoric ester groups is 1. The van der Waals surface area contributed by atoms with Gasteiger partial charge in [-0.2, -0.15) is 0 Å². The lowest BCUT2D eigenvalue weighted by Gasteiger charge is -2.24. The molecule has 0 amide bonds. The van der Waals surface area contributed by atoms with E-state index in [0.717, 1.165) is 12.8 Å². The normalized spacial score (nSPS) is 16.6. The van der Waals surface area contributed by atoms with Crippen LogP contribution in [0.2, 0.25) is 0 Å². The van der Waals surface area contributed by atoms with E-state index in [1.807, 2.05) is 27.2 Å². The highest BCUT2D eigenvalue weighted by molar-refractivity contribution is 7.47. The molecule has 0 saturated carbocycles. The Hall–Kier alpha value is -0.270. The molecule has 0 rings (SSSR count). The van der Waals surface area contributed by atoms with Gasteiger partial charge >= 0.3 is 7.82 Å². The number of phosphoric acid groups is 1. The number of allylic oxidation sites excluding steroid dienone is 1. The Morgan fingerprint density at radius 2 is 1.50 bits per heavy atom. The molecule has 7 nitrogen and oxygen atoms in total. The Morgan fingerprint density at radius 1 is 0.967 bits per heavy atom. The zero-order chi connectivity index (χ0) is 22.9. The SMILES string of the molecule is CCCCCCCCCCCCC=CC(O)C(N)COP(=O)(O)OCC[N+](C)(C)C. The second-order valence-corrected chi connectivity index (χ2v) is 10.6. The molecule has 0 aromatic rings. The van der Waals surface area contributed by atoms with Crippen LogP contribution >= 0.6 is 7.82 Å². The molecule has 3 unspecified atom stereocenters. The summed E-state index contributed by atoms with van der Waals surface area (Å²) in [4.78, 5) is 9.68. The minimum atomic E-state index is -4.16. The summed E-state index contributed by atoms with van der Waals surface area (Å²) in [6, 6.07) is -0.781. The number of aliphatic hydroxyl groups is 1. The lowest BCUT2D eigenvalue weighted by atomic mass is 10.1. The number of likely N-dealkylation sites (N-methyl/N-ethyl adjacent to an activating group) is 1. The van der Waals surface area contributed by atoms with Crippen LogP contribution in [-0.4, -0.2) is 67.5 Å². The van der Waals surface area contributed by atoms with Crippen molar-refractivity contribution in [1.82, 2.24) is 0 Å². The van der Waals surface area contributed by atoms with Crippen LogP contribution in [0.1, 0.15) is 77.6 Å². The van der Waals surface area contributed by atoms with E-state index < -0.39 is 20.0 Å². The first kappa shape index (κ1) is 29.7. The number of unbranched alkanes of at least 4 members (excludes halogenated alkanes) is 10. The maximum atomic E-state index is 11.8. The third-order valence-electron chi connectivity index (χ3n) is 4.94. The summed E-state index contributed by atoms with van der Waals surface area (Å²) in [5, 5.41) is 10.1. The Morgan fingerprint density at radius 3 is 2.03 bits per heavy atom. The molecule has 0 spiro atoms. The van der Waals surface area contributed by atoms with Gasteiger partial charge in [0, 0.05) is 0 Å². The van der Waals surface area contributed by atoms with Crippen molar-refractivity contribution in [2.75, 3.05) is 40.9 Å². The van der Waals surface area contributed by atoms with Gasteiger partial charge in [-0.3, -0.25) is 9.05 Å². The molecule has 0 aliphatic carbocycles. The molecular weight excluding hydrogens is 403 g/mol. The third kappa shape index (κ3) is 19.7. The Labute approximate surface area is 184 Å². The van der Waals surface area contributed by atoms with Crippen LogP contribution in [0, 0.1) is 0 Å². The van der Waals surface area contributed by atoms with E-state index in [2.05, 4.69) is 6.92 Å². The van der Waals surface area contributed by atoms with E-state index in [4.69, 9.17) is 14.8 Å². The molecule has 0 radical (unpaired) electrons. The van der Waals surface area contributed by atoms with Gasteiger partial charge in [0.2, 0.25) is 0 Å². The average Bonchev–Trinajstić information content (AvgIpc) is 2.65. The van der Waals surface area contributed by atoms with Gasteiger partial charge in [0.15, 0.2) is 0 Å². The van der Waals surface area contributed by atoms with Crippen LogP contribution in [0.15, 0.2) is 12.2 Å². The highest BCUT2D eigenvalue weighted by Gasteiger charge is 2.25. The summed E-state index contributed by atoms with van der Waals surface area (Å²) in [5.41, 5.74) is 5.84. The van der Waals surface area contributed by atoms with E-state index in [0.29, 0.717) is 11.0 Å². The van der Waals surface area contributed by atoms with Crippen LogP contribution < -0.4 is 5.73 Å². The van der Waals surface area contributed by atoms with E-state index in [9.17, 15) is 14.6 Å². The average molecular weight is 452 g/mol. The van der Waals surface area contributed by atoms with Crippen molar-refractivity contribution < 1.29 is 28.1 Å². The van der Waals surface area contributed by atoms with Crippen molar-refractivity contribution in [3.63, 3.8) is 0 Å². The molecule has 0 aliphatic rings. The van der Waals surface area contributed by atoms with Gasteiger partial charge < -0.3 is 20.2 Å². The summed E-state index contributed by atoms with van der Waals surface area (Å²) in [6.45, 7) is 2.67. The van der Waals surface area contributed by atoms with Crippen LogP contribution in [0.4, 0.5) is 0 Å². The summed E-state index contributed by atoms with van der Waals surface area (Å²) >= 11 is 0. The van der Waals surface area contributed by atoms with Gasteiger partial charge in [0.05, 0.1) is 39.9 Å². The van der Waals surface area contributed by atoms with Crippen LogP contribution in [0.25, 0.3) is 0 Å². The van der Waals surface area contributed by atoms with Gasteiger partial charge in [-0.25, -0.2) is 4.57 Å². The second-order valence-electron chi connectivity index (χ2n) is 9.16. The number of aliphatic hydroxyl groups excluding tert-OH is 1. The van der Waals surface area contributed by atoms with E-state index in [-0.39, 0.29) is 13.2 Å². The van der Waals surface area contributed by atoms with Crippen LogP contribution in [0.3, 0.4) is 0 Å². The highest BCUT2D eigenvalue weighted by Crippen LogP contribution is 2.43. The first-order chi connectivity index (χ1) is 14.1. The molecule has 0 aliphatic heterocycles. The number of quaternary nitrogens is 1. The van der Waals surface area contributed by atoms with Gasteiger partial charge in [-0.15, -0.1) is 0 Å². The van der Waals surface area contributed by atoms with Crippen molar-refractivity contribution in [2.24, 2.45) is 5.73 Å². The molecule has 30 heavy (non-hydrogen) atoms. The number of rotatable bonds is 20. The molecular formula is C22H48N2O5P+. The quantitative estimate of drug-likeness (QED) is 0.110. The summed E-state index contributed by atoms with van der Waals surface area (Å²) < 4.78 is 22.3. The minimum Gasteiger partial charge on any atom is -0.387 e. The number of nitrogens with zero attached hydrogens (tertiary/aromatic N) is 1. The number of hydrogen-bond acceptors (Lipinski definition) is 5. The Bertz CT molecular complexity index is 483. The van der Waals surface area contributed by atoms with Crippen molar-refractivity contribution in [1.29, 1.82) is 0 Å². The second kappa shape index (κ2) is 17.3. The topological polar surface area (TPSA) is 102 Å². The fourth-order valence-electron chi connectivity index (χ4n) is 2.87. The van der Waals surface area contributed by atoms with E-state index in [1.165, 1.54) is 57.8 Å². The van der Waals surface area contributed by atoms with Crippen molar-refractivity contribution in [2.45, 2.75) is 89.7 Å². The van der Waals surface area contributed by atoms with Crippen LogP contribution in [0.5, 0.6) is 0 Å². The van der Waals surface area contributed by atoms with Crippen molar-refractivity contribution >= 4 is 7.82 Å². The Balaban J connectivity index is 3.77. The van der Waals surface area contributed by atoms with E-state index >= 15 is 0 Å². The maximum absolute atomic E-state index is 11.8. The lowest BCUT2D eigenvalue weighted by molar-refractivity contribution is -0.870. The van der Waals surface area contributed by atoms with Gasteiger partial charge in [0.1, 0.15) is 13.2 Å². The molecule has 8 heteroatoms. The minimum absolute atomic E-state index is 0.105. The molecule has 0 aromatic heterocycles. The predicted molar refractivity (Wildman–Crippen MR) is 124 cm³/mol. The molecule has 0 aromatic carbocycles. The monoisotopic (exact) mass is 451 g/mol. The molecule has 3 atom stereocenters. The van der Waals surface area contributed by atoms with Gasteiger partial charge in [-0.05, 0) is 12.8 Å². The lowest BCUT2D eigenvalue weighted by Crippen LogP contribution is -2.38. The summed E-state index contributed by atoms with van der Waals surface area (Å²) in [7, 11) is 1.72. The maximum Gasteiger partial charge on any atom is 0.472 e. The van der Waals surface area contributed by atoms with Gasteiger partial charge in [0.25, 0.3) is 0 Å². The molecule has 0 fully saturated rings. The third-order valence-corrected chi connectivity index (χ3v) is 5.93. The molecule has 4 N–H and O–H groups in total. The van der Waals surface area contributed by atoms with Crippen LogP contribution in [-0.2, 0) is 13.6 Å². The number of nitrogens with two attached hydrogens (primary N) is 1. The molecule has 0 bridgehead atoms. The summed E-state index contributed by atoms with van der Waals surface area (Å²) in [6.07, 6.45) is 16.5. The molecule has 0 heterocycles. The first-order valence-corrected chi connectivity index (χ1v) is 13.1. The summed E-state index contributed by atoms with van der Waals surface area (Å²) in [5.74, 6) is 0. The smallest absolute Gasteiger partial charge is 0.387 e. The van der Waals surface area contributed by atoms with Gasteiger partial charge in [-0.1, -0.05) is 76.9 Å². The fourth-order valence-corrected chi connectivity index (χ4v) is 3.62. The highest BCUT2D eigenvalue weighted by atomic mass is 31.2. The zero-order valence-electron chi connectivity index (χ0n) is 19.8. The largest absolute Gasteiger partial charge is 0.472 e. The zero-order valence-corrected chi connectivity index (χ0v) is 20.7.